The first-order valence-corrected chi connectivity index (χ1v) is 7.69. The van der Waals surface area contributed by atoms with Crippen LogP contribution < -0.4 is 0 Å². The van der Waals surface area contributed by atoms with Gasteiger partial charge in [0, 0.05) is 26.2 Å². The predicted molar refractivity (Wildman–Crippen MR) is 80.4 cm³/mol. The van der Waals surface area contributed by atoms with E-state index < -0.39 is 17.6 Å². The number of ether oxygens (including phenoxy) is 4. The molecule has 1 aromatic carbocycles. The van der Waals surface area contributed by atoms with Gasteiger partial charge in [0.25, 0.3) is 0 Å². The zero-order chi connectivity index (χ0) is 15.2. The molecule has 0 amide bonds. The van der Waals surface area contributed by atoms with Gasteiger partial charge < -0.3 is 24.1 Å². The van der Waals surface area contributed by atoms with E-state index >= 15 is 0 Å². The van der Waals surface area contributed by atoms with Crippen LogP contribution in [0.15, 0.2) is 35.2 Å². The molecule has 21 heavy (non-hydrogen) atoms. The maximum Gasteiger partial charge on any atom is 0.136 e. The molecule has 2 rings (SSSR count). The summed E-state index contributed by atoms with van der Waals surface area (Å²) in [5, 5.41) is 10.5. The SMILES string of the molecule is COC[C@H]1O[C@H](Sc2ccccc2)[C@@H](O)[C@@H](OC)[C@@H]1OC. The predicted octanol–water partition coefficient (Wildman–Crippen LogP) is 1.54. The van der Waals surface area contributed by atoms with Gasteiger partial charge in [-0.15, -0.1) is 0 Å². The van der Waals surface area contributed by atoms with Crippen LogP contribution in [0.4, 0.5) is 0 Å². The standard InChI is InChI=1S/C15H22O5S/c1-17-9-11-13(18-2)14(19-3)12(16)15(20-11)21-10-7-5-4-6-8-10/h4-8,11-16H,9H2,1-3H3/t11-,12+,13-,14-,15-/m1/s1. The van der Waals surface area contributed by atoms with Crippen LogP contribution in [0.3, 0.4) is 0 Å². The van der Waals surface area contributed by atoms with E-state index in [1.807, 2.05) is 30.3 Å². The highest BCUT2D eigenvalue weighted by Gasteiger charge is 2.46. The molecule has 1 aliphatic heterocycles. The highest BCUT2D eigenvalue weighted by atomic mass is 32.2. The monoisotopic (exact) mass is 314 g/mol. The Morgan fingerprint density at radius 1 is 1.10 bits per heavy atom. The molecule has 0 aliphatic carbocycles. The van der Waals surface area contributed by atoms with E-state index in [1.54, 1.807) is 21.3 Å². The summed E-state index contributed by atoms with van der Waals surface area (Å²) in [6.45, 7) is 0.386. The average Bonchev–Trinajstić information content (AvgIpc) is 2.51. The quantitative estimate of drug-likeness (QED) is 0.859. The summed E-state index contributed by atoms with van der Waals surface area (Å²) < 4.78 is 22.0. The highest BCUT2D eigenvalue weighted by molar-refractivity contribution is 7.99. The number of methoxy groups -OCH3 is 3. The van der Waals surface area contributed by atoms with Gasteiger partial charge in [-0.25, -0.2) is 0 Å². The Bertz CT molecular complexity index is 416. The second-order valence-corrected chi connectivity index (χ2v) is 5.99. The molecule has 0 unspecified atom stereocenters. The minimum Gasteiger partial charge on any atom is -0.387 e. The van der Waals surface area contributed by atoms with Gasteiger partial charge in [0.05, 0.1) is 6.61 Å². The van der Waals surface area contributed by atoms with Crippen molar-refractivity contribution in [2.75, 3.05) is 27.9 Å². The van der Waals surface area contributed by atoms with E-state index in [0.29, 0.717) is 6.61 Å². The third kappa shape index (κ3) is 3.97. The van der Waals surface area contributed by atoms with Crippen LogP contribution in [0.1, 0.15) is 0 Å². The van der Waals surface area contributed by atoms with Crippen LogP contribution in [0.5, 0.6) is 0 Å². The first kappa shape index (κ1) is 16.7. The molecule has 0 bridgehead atoms. The molecular weight excluding hydrogens is 292 g/mol. The van der Waals surface area contributed by atoms with E-state index in [1.165, 1.54) is 11.8 Å². The van der Waals surface area contributed by atoms with Crippen molar-refractivity contribution in [1.29, 1.82) is 0 Å². The lowest BCUT2D eigenvalue weighted by molar-refractivity contribution is -0.223. The third-order valence-corrected chi connectivity index (χ3v) is 4.65. The summed E-state index contributed by atoms with van der Waals surface area (Å²) >= 11 is 1.47. The Morgan fingerprint density at radius 3 is 2.33 bits per heavy atom. The zero-order valence-corrected chi connectivity index (χ0v) is 13.3. The smallest absolute Gasteiger partial charge is 0.136 e. The lowest BCUT2D eigenvalue weighted by atomic mass is 10.00. The Labute approximate surface area is 129 Å². The van der Waals surface area contributed by atoms with Crippen LogP contribution in [0, 0.1) is 0 Å². The molecule has 0 aromatic heterocycles. The van der Waals surface area contributed by atoms with Crippen molar-refractivity contribution in [3.05, 3.63) is 30.3 Å². The molecule has 5 nitrogen and oxygen atoms in total. The van der Waals surface area contributed by atoms with Crippen molar-refractivity contribution in [2.45, 2.75) is 34.7 Å². The molecule has 0 radical (unpaired) electrons. The van der Waals surface area contributed by atoms with Gasteiger partial charge in [0.15, 0.2) is 0 Å². The van der Waals surface area contributed by atoms with Crippen LogP contribution in [-0.4, -0.2) is 62.9 Å². The summed E-state index contributed by atoms with van der Waals surface area (Å²) in [4.78, 5) is 1.03. The van der Waals surface area contributed by atoms with Gasteiger partial charge in [-0.1, -0.05) is 30.0 Å². The van der Waals surface area contributed by atoms with Gasteiger partial charge in [0.1, 0.15) is 29.9 Å². The lowest BCUT2D eigenvalue weighted by Crippen LogP contribution is -2.59. The minimum atomic E-state index is -0.779. The second-order valence-electron chi connectivity index (χ2n) is 4.82. The molecule has 1 aliphatic rings. The third-order valence-electron chi connectivity index (χ3n) is 3.49. The lowest BCUT2D eigenvalue weighted by Gasteiger charge is -2.43. The topological polar surface area (TPSA) is 57.2 Å². The summed E-state index contributed by atoms with van der Waals surface area (Å²) in [6, 6.07) is 9.83. The summed E-state index contributed by atoms with van der Waals surface area (Å²) in [5.41, 5.74) is -0.427. The Kier molecular flexibility index (Phi) is 6.47. The van der Waals surface area contributed by atoms with Crippen molar-refractivity contribution < 1.29 is 24.1 Å². The first-order chi connectivity index (χ1) is 10.2. The molecule has 1 fully saturated rings. The molecule has 5 atom stereocenters. The van der Waals surface area contributed by atoms with E-state index in [9.17, 15) is 5.11 Å². The molecule has 118 valence electrons. The van der Waals surface area contributed by atoms with Crippen LogP contribution in [0.2, 0.25) is 0 Å². The number of rotatable bonds is 6. The number of hydrogen-bond donors (Lipinski definition) is 1. The molecular formula is C15H22O5S. The number of aliphatic hydroxyl groups excluding tert-OH is 1. The van der Waals surface area contributed by atoms with E-state index in [2.05, 4.69) is 0 Å². The van der Waals surface area contributed by atoms with E-state index in [4.69, 9.17) is 18.9 Å². The molecule has 1 heterocycles. The van der Waals surface area contributed by atoms with Gasteiger partial charge in [0.2, 0.25) is 0 Å². The second kappa shape index (κ2) is 8.12. The van der Waals surface area contributed by atoms with Crippen molar-refractivity contribution in [1.82, 2.24) is 0 Å². The molecule has 1 N–H and O–H groups in total. The van der Waals surface area contributed by atoms with Crippen LogP contribution >= 0.6 is 11.8 Å². The first-order valence-electron chi connectivity index (χ1n) is 6.81. The fourth-order valence-corrected chi connectivity index (χ4v) is 3.55. The van der Waals surface area contributed by atoms with Crippen molar-refractivity contribution >= 4 is 11.8 Å². The molecule has 0 saturated carbocycles. The van der Waals surface area contributed by atoms with Crippen LogP contribution in [-0.2, 0) is 18.9 Å². The minimum absolute atomic E-state index is 0.283. The number of hydrogen-bond acceptors (Lipinski definition) is 6. The van der Waals surface area contributed by atoms with Crippen molar-refractivity contribution in [3.8, 4) is 0 Å². The van der Waals surface area contributed by atoms with Gasteiger partial charge in [-0.3, -0.25) is 0 Å². The number of thioether (sulfide) groups is 1. The fourth-order valence-electron chi connectivity index (χ4n) is 2.48. The van der Waals surface area contributed by atoms with Crippen LogP contribution in [0.25, 0.3) is 0 Å². The molecule has 0 spiro atoms. The van der Waals surface area contributed by atoms with Crippen molar-refractivity contribution in [3.63, 3.8) is 0 Å². The summed E-state index contributed by atoms with van der Waals surface area (Å²) in [5.74, 6) is 0. The maximum absolute atomic E-state index is 10.5. The average molecular weight is 314 g/mol. The molecule has 6 heteroatoms. The Hall–Kier alpha value is -0.630. The van der Waals surface area contributed by atoms with Gasteiger partial charge in [-0.05, 0) is 12.1 Å². The maximum atomic E-state index is 10.5. The van der Waals surface area contributed by atoms with Gasteiger partial charge >= 0.3 is 0 Å². The van der Waals surface area contributed by atoms with Gasteiger partial charge in [-0.2, -0.15) is 0 Å². The summed E-state index contributed by atoms with van der Waals surface area (Å²) in [6.07, 6.45) is -1.88. The highest BCUT2D eigenvalue weighted by Crippen LogP contribution is 2.35. The number of aliphatic hydroxyl groups is 1. The van der Waals surface area contributed by atoms with E-state index in [-0.39, 0.29) is 12.2 Å². The fraction of sp³-hybridized carbons (Fsp3) is 0.600. The normalized spacial score (nSPS) is 33.0. The largest absolute Gasteiger partial charge is 0.387 e. The molecule has 1 saturated heterocycles. The Morgan fingerprint density at radius 2 is 1.76 bits per heavy atom. The summed E-state index contributed by atoms with van der Waals surface area (Å²) in [7, 11) is 4.77. The zero-order valence-electron chi connectivity index (χ0n) is 12.5. The van der Waals surface area contributed by atoms with Crippen molar-refractivity contribution in [2.24, 2.45) is 0 Å². The van der Waals surface area contributed by atoms with E-state index in [0.717, 1.165) is 4.90 Å². The number of benzene rings is 1. The Balaban J connectivity index is 2.13. The molecule has 1 aromatic rings.